The van der Waals surface area contributed by atoms with Crippen molar-refractivity contribution in [1.29, 1.82) is 0 Å². The van der Waals surface area contributed by atoms with Gasteiger partial charge < -0.3 is 15.5 Å². The third kappa shape index (κ3) is 5.37. The van der Waals surface area contributed by atoms with Crippen molar-refractivity contribution < 1.29 is 9.59 Å². The normalized spacial score (nSPS) is 10.2. The summed E-state index contributed by atoms with van der Waals surface area (Å²) in [4.78, 5) is 25.9. The van der Waals surface area contributed by atoms with Crippen molar-refractivity contribution in [2.24, 2.45) is 0 Å². The molecule has 0 unspecified atom stereocenters. The molecule has 7 heteroatoms. The van der Waals surface area contributed by atoms with Crippen molar-refractivity contribution in [3.63, 3.8) is 0 Å². The molecule has 0 fully saturated rings. The summed E-state index contributed by atoms with van der Waals surface area (Å²) >= 11 is 12.0. The van der Waals surface area contributed by atoms with Gasteiger partial charge in [0.15, 0.2) is 0 Å². The Labute approximate surface area is 156 Å². The molecule has 0 aliphatic heterocycles. The quantitative estimate of drug-likeness (QED) is 0.801. The molecule has 0 aliphatic rings. The Morgan fingerprint density at radius 3 is 2.36 bits per heavy atom. The molecule has 0 saturated heterocycles. The van der Waals surface area contributed by atoms with Crippen LogP contribution in [0.1, 0.15) is 16.8 Å². The first-order valence-electron chi connectivity index (χ1n) is 7.68. The minimum atomic E-state index is -0.249. The maximum atomic E-state index is 12.1. The number of amides is 2. The largest absolute Gasteiger partial charge is 0.375 e. The zero-order valence-electron chi connectivity index (χ0n) is 14.0. The molecule has 0 heterocycles. The summed E-state index contributed by atoms with van der Waals surface area (Å²) in [6.45, 7) is 0.227. The number of benzene rings is 2. The van der Waals surface area contributed by atoms with Crippen LogP contribution >= 0.6 is 23.2 Å². The Balaban J connectivity index is 1.88. The van der Waals surface area contributed by atoms with Gasteiger partial charge in [0.2, 0.25) is 5.91 Å². The van der Waals surface area contributed by atoms with E-state index in [1.165, 1.54) is 0 Å². The zero-order valence-corrected chi connectivity index (χ0v) is 15.5. The van der Waals surface area contributed by atoms with Crippen LogP contribution in [0.3, 0.4) is 0 Å². The number of rotatable bonds is 6. The van der Waals surface area contributed by atoms with Crippen molar-refractivity contribution in [2.75, 3.05) is 30.9 Å². The molecular weight excluding hydrogens is 361 g/mol. The molecule has 0 saturated carbocycles. The van der Waals surface area contributed by atoms with Crippen LogP contribution in [0.2, 0.25) is 10.0 Å². The Bertz CT molecular complexity index is 761. The van der Waals surface area contributed by atoms with Gasteiger partial charge >= 0.3 is 0 Å². The SMILES string of the molecule is CN(C)c1c(Cl)cccc1NC(=O)CCNC(=O)c1ccc(Cl)cc1. The van der Waals surface area contributed by atoms with Gasteiger partial charge in [0, 0.05) is 37.6 Å². The number of nitrogens with zero attached hydrogens (tertiary/aromatic N) is 1. The van der Waals surface area contributed by atoms with Gasteiger partial charge in [-0.3, -0.25) is 9.59 Å². The van der Waals surface area contributed by atoms with Crippen molar-refractivity contribution in [2.45, 2.75) is 6.42 Å². The standard InChI is InChI=1S/C18H19Cl2N3O2/c1-23(2)17-14(20)4-3-5-15(17)22-16(24)10-11-21-18(25)12-6-8-13(19)9-7-12/h3-9H,10-11H2,1-2H3,(H,21,25)(H,22,24). The molecule has 0 aromatic heterocycles. The minimum absolute atomic E-state index is 0.151. The molecule has 2 amide bonds. The Hall–Kier alpha value is -2.24. The van der Waals surface area contributed by atoms with E-state index in [-0.39, 0.29) is 24.8 Å². The molecule has 2 N–H and O–H groups in total. The molecule has 2 aromatic carbocycles. The number of hydrogen-bond acceptors (Lipinski definition) is 3. The lowest BCUT2D eigenvalue weighted by atomic mass is 10.2. The summed E-state index contributed by atoms with van der Waals surface area (Å²) in [5.41, 5.74) is 1.86. The second-order valence-corrected chi connectivity index (χ2v) is 6.44. The fourth-order valence-electron chi connectivity index (χ4n) is 2.28. The summed E-state index contributed by atoms with van der Waals surface area (Å²) < 4.78 is 0. The lowest BCUT2D eigenvalue weighted by molar-refractivity contribution is -0.116. The van der Waals surface area contributed by atoms with E-state index >= 15 is 0 Å². The van der Waals surface area contributed by atoms with Gasteiger partial charge in [0.1, 0.15) is 0 Å². The van der Waals surface area contributed by atoms with Gasteiger partial charge in [-0.05, 0) is 36.4 Å². The molecule has 0 radical (unpaired) electrons. The maximum Gasteiger partial charge on any atom is 0.251 e. The Morgan fingerprint density at radius 2 is 1.72 bits per heavy atom. The lowest BCUT2D eigenvalue weighted by Crippen LogP contribution is -2.27. The average Bonchev–Trinajstić information content (AvgIpc) is 2.55. The number of carbonyl (C=O) groups is 2. The highest BCUT2D eigenvalue weighted by Gasteiger charge is 2.12. The lowest BCUT2D eigenvalue weighted by Gasteiger charge is -2.19. The zero-order chi connectivity index (χ0) is 18.4. The van der Waals surface area contributed by atoms with Crippen molar-refractivity contribution >= 4 is 46.4 Å². The van der Waals surface area contributed by atoms with E-state index in [2.05, 4.69) is 10.6 Å². The third-order valence-electron chi connectivity index (χ3n) is 3.45. The maximum absolute atomic E-state index is 12.1. The number of hydrogen-bond donors (Lipinski definition) is 2. The predicted octanol–water partition coefficient (Wildman–Crippen LogP) is 3.82. The molecule has 0 bridgehead atoms. The smallest absolute Gasteiger partial charge is 0.251 e. The molecule has 2 aromatic rings. The molecule has 0 atom stereocenters. The van der Waals surface area contributed by atoms with E-state index in [4.69, 9.17) is 23.2 Å². The number of carbonyl (C=O) groups excluding carboxylic acids is 2. The highest BCUT2D eigenvalue weighted by molar-refractivity contribution is 6.34. The van der Waals surface area contributed by atoms with Crippen LogP contribution < -0.4 is 15.5 Å². The molecule has 25 heavy (non-hydrogen) atoms. The van der Waals surface area contributed by atoms with E-state index in [0.717, 1.165) is 5.69 Å². The van der Waals surface area contributed by atoms with E-state index in [1.54, 1.807) is 42.5 Å². The minimum Gasteiger partial charge on any atom is -0.375 e. The molecular formula is C18H19Cl2N3O2. The van der Waals surface area contributed by atoms with Gasteiger partial charge in [-0.15, -0.1) is 0 Å². The van der Waals surface area contributed by atoms with Gasteiger partial charge in [0.25, 0.3) is 5.91 Å². The molecule has 0 spiro atoms. The highest BCUT2D eigenvalue weighted by Crippen LogP contribution is 2.32. The van der Waals surface area contributed by atoms with Gasteiger partial charge in [-0.2, -0.15) is 0 Å². The summed E-state index contributed by atoms with van der Waals surface area (Å²) in [5.74, 6) is -0.456. The first-order chi connectivity index (χ1) is 11.9. The van der Waals surface area contributed by atoms with E-state index in [0.29, 0.717) is 21.3 Å². The Kier molecular flexibility index (Phi) is 6.67. The molecule has 132 valence electrons. The second-order valence-electron chi connectivity index (χ2n) is 5.59. The number of nitrogens with one attached hydrogen (secondary N) is 2. The summed E-state index contributed by atoms with van der Waals surface area (Å²) in [7, 11) is 3.70. The topological polar surface area (TPSA) is 61.4 Å². The van der Waals surface area contributed by atoms with Crippen molar-refractivity contribution in [3.8, 4) is 0 Å². The molecule has 5 nitrogen and oxygen atoms in total. The van der Waals surface area contributed by atoms with Crippen LogP contribution in [0, 0.1) is 0 Å². The van der Waals surface area contributed by atoms with Gasteiger partial charge in [0.05, 0.1) is 16.4 Å². The summed E-state index contributed by atoms with van der Waals surface area (Å²) in [6, 6.07) is 11.9. The van der Waals surface area contributed by atoms with Crippen LogP contribution in [0.5, 0.6) is 0 Å². The van der Waals surface area contributed by atoms with Gasteiger partial charge in [-0.1, -0.05) is 29.3 Å². The molecule has 2 rings (SSSR count). The third-order valence-corrected chi connectivity index (χ3v) is 4.01. The first kappa shape index (κ1) is 19.1. The number of para-hydroxylation sites is 1. The van der Waals surface area contributed by atoms with Gasteiger partial charge in [-0.25, -0.2) is 0 Å². The van der Waals surface area contributed by atoms with Crippen molar-refractivity contribution in [3.05, 3.63) is 58.1 Å². The van der Waals surface area contributed by atoms with E-state index in [1.807, 2.05) is 19.0 Å². The van der Waals surface area contributed by atoms with Crippen LogP contribution in [0.4, 0.5) is 11.4 Å². The van der Waals surface area contributed by atoms with E-state index in [9.17, 15) is 9.59 Å². The fraction of sp³-hybridized carbons (Fsp3) is 0.222. The summed E-state index contributed by atoms with van der Waals surface area (Å²) in [5, 5.41) is 6.64. The van der Waals surface area contributed by atoms with Crippen LogP contribution in [-0.4, -0.2) is 32.5 Å². The average molecular weight is 380 g/mol. The second kappa shape index (κ2) is 8.74. The van der Waals surface area contributed by atoms with E-state index < -0.39 is 0 Å². The van der Waals surface area contributed by atoms with Crippen molar-refractivity contribution in [1.82, 2.24) is 5.32 Å². The fourth-order valence-corrected chi connectivity index (χ4v) is 2.75. The predicted molar refractivity (Wildman–Crippen MR) is 103 cm³/mol. The first-order valence-corrected chi connectivity index (χ1v) is 8.43. The van der Waals surface area contributed by atoms with Crippen LogP contribution in [0.25, 0.3) is 0 Å². The number of halogens is 2. The van der Waals surface area contributed by atoms with Crippen LogP contribution in [0.15, 0.2) is 42.5 Å². The van der Waals surface area contributed by atoms with Crippen LogP contribution in [-0.2, 0) is 4.79 Å². The number of anilines is 2. The monoisotopic (exact) mass is 379 g/mol. The summed E-state index contributed by atoms with van der Waals surface area (Å²) in [6.07, 6.45) is 0.151. The Morgan fingerprint density at radius 1 is 1.04 bits per heavy atom. The molecule has 0 aliphatic carbocycles. The highest BCUT2D eigenvalue weighted by atomic mass is 35.5.